The number of carboxylic acids is 1. The Morgan fingerprint density at radius 1 is 1.31 bits per heavy atom. The minimum atomic E-state index is -1.07. The highest BCUT2D eigenvalue weighted by Crippen LogP contribution is 2.35. The highest BCUT2D eigenvalue weighted by atomic mass is 35.5. The number of rotatable bonds is 7. The normalized spacial score (nSPS) is 16.3. The molecular weight excluding hydrogens is 430 g/mol. The van der Waals surface area contributed by atoms with Gasteiger partial charge in [0, 0.05) is 5.02 Å². The Balaban J connectivity index is 1.74. The molecule has 5 nitrogen and oxygen atoms in total. The van der Waals surface area contributed by atoms with Crippen molar-refractivity contribution in [3.8, 4) is 5.75 Å². The van der Waals surface area contributed by atoms with Crippen LogP contribution >= 0.6 is 35.6 Å². The first-order valence-electron chi connectivity index (χ1n) is 8.86. The fraction of sp³-hybridized carbons (Fsp3) is 0.190. The number of nitrogens with zero attached hydrogens (tertiary/aromatic N) is 1. The van der Waals surface area contributed by atoms with Gasteiger partial charge in [-0.25, -0.2) is 4.79 Å². The summed E-state index contributed by atoms with van der Waals surface area (Å²) in [6, 6.07) is 13.8. The number of carbonyl (C=O) groups excluding carboxylic acids is 1. The van der Waals surface area contributed by atoms with Gasteiger partial charge in [0.05, 0.1) is 4.91 Å². The van der Waals surface area contributed by atoms with E-state index in [2.05, 4.69) is 0 Å². The van der Waals surface area contributed by atoms with Crippen molar-refractivity contribution in [1.82, 2.24) is 4.90 Å². The number of thioether (sulfide) groups is 1. The largest absolute Gasteiger partial charge is 0.489 e. The molecule has 0 aromatic heterocycles. The van der Waals surface area contributed by atoms with E-state index in [1.807, 2.05) is 36.4 Å². The number of hydrogen-bond donors (Lipinski definition) is 1. The second-order valence-electron chi connectivity index (χ2n) is 6.30. The van der Waals surface area contributed by atoms with Crippen LogP contribution in [0.5, 0.6) is 5.75 Å². The van der Waals surface area contributed by atoms with E-state index in [4.69, 9.17) is 28.6 Å². The van der Waals surface area contributed by atoms with Crippen molar-refractivity contribution in [1.29, 1.82) is 0 Å². The van der Waals surface area contributed by atoms with Crippen LogP contribution in [-0.4, -0.2) is 32.2 Å². The molecule has 1 amide bonds. The summed E-state index contributed by atoms with van der Waals surface area (Å²) in [4.78, 5) is 25.7. The Bertz CT molecular complexity index is 975. The first-order chi connectivity index (χ1) is 13.9. The lowest BCUT2D eigenvalue weighted by Crippen LogP contribution is -2.43. The van der Waals surface area contributed by atoms with Crippen LogP contribution in [0.2, 0.25) is 5.02 Å². The summed E-state index contributed by atoms with van der Waals surface area (Å²) >= 11 is 12.2. The maximum atomic E-state index is 12.7. The third-order valence-corrected chi connectivity index (χ3v) is 5.86. The molecule has 0 spiro atoms. The van der Waals surface area contributed by atoms with Gasteiger partial charge in [0.15, 0.2) is 0 Å². The van der Waals surface area contributed by atoms with E-state index in [1.165, 1.54) is 4.90 Å². The molecule has 29 heavy (non-hydrogen) atoms. The number of ether oxygens (including phenoxy) is 1. The van der Waals surface area contributed by atoms with E-state index in [1.54, 1.807) is 25.1 Å². The maximum Gasteiger partial charge on any atom is 0.326 e. The SMILES string of the molecule is CCC(C(=O)O)N1C(=O)/C(=C\c2cccc(OCc3ccc(Cl)cc3)c2)SC1=S. The van der Waals surface area contributed by atoms with Crippen LogP contribution < -0.4 is 4.74 Å². The van der Waals surface area contributed by atoms with E-state index < -0.39 is 12.0 Å². The molecule has 1 unspecified atom stereocenters. The highest BCUT2D eigenvalue weighted by Gasteiger charge is 2.39. The van der Waals surface area contributed by atoms with Gasteiger partial charge in [-0.3, -0.25) is 9.69 Å². The van der Waals surface area contributed by atoms with Crippen LogP contribution in [0, 0.1) is 0 Å². The van der Waals surface area contributed by atoms with Gasteiger partial charge >= 0.3 is 5.97 Å². The molecule has 2 aromatic carbocycles. The Morgan fingerprint density at radius 3 is 2.69 bits per heavy atom. The predicted octanol–water partition coefficient (Wildman–Crippen LogP) is 4.98. The summed E-state index contributed by atoms with van der Waals surface area (Å²) in [5, 5.41) is 10.0. The molecule has 8 heteroatoms. The Hall–Kier alpha value is -2.35. The molecule has 1 atom stereocenters. The van der Waals surface area contributed by atoms with Gasteiger partial charge in [-0.15, -0.1) is 0 Å². The first-order valence-corrected chi connectivity index (χ1v) is 10.5. The summed E-state index contributed by atoms with van der Waals surface area (Å²) < 4.78 is 6.07. The number of aliphatic carboxylic acids is 1. The van der Waals surface area contributed by atoms with E-state index >= 15 is 0 Å². The molecule has 2 aromatic rings. The van der Waals surface area contributed by atoms with Crippen LogP contribution in [0.3, 0.4) is 0 Å². The summed E-state index contributed by atoms with van der Waals surface area (Å²) in [6.07, 6.45) is 1.98. The van der Waals surface area contributed by atoms with Gasteiger partial charge in [-0.2, -0.15) is 0 Å². The predicted molar refractivity (Wildman–Crippen MR) is 119 cm³/mol. The van der Waals surface area contributed by atoms with E-state index in [-0.39, 0.29) is 16.6 Å². The standard InChI is InChI=1S/C21H18ClNO4S2/c1-2-17(20(25)26)23-19(24)18(29-21(23)28)11-14-4-3-5-16(10-14)27-12-13-6-8-15(22)9-7-13/h3-11,17H,2,12H2,1H3,(H,25,26)/b18-11+. The van der Waals surface area contributed by atoms with Gasteiger partial charge < -0.3 is 9.84 Å². The molecule has 1 heterocycles. The van der Waals surface area contributed by atoms with Crippen molar-refractivity contribution < 1.29 is 19.4 Å². The molecule has 1 aliphatic heterocycles. The maximum absolute atomic E-state index is 12.7. The molecule has 1 fully saturated rings. The van der Waals surface area contributed by atoms with Crippen molar-refractivity contribution in [3.05, 3.63) is 69.6 Å². The average molecular weight is 448 g/mol. The van der Waals surface area contributed by atoms with Gasteiger partial charge in [0.25, 0.3) is 5.91 Å². The number of amides is 1. The van der Waals surface area contributed by atoms with Crippen molar-refractivity contribution in [2.24, 2.45) is 0 Å². The van der Waals surface area contributed by atoms with Gasteiger partial charge in [0.1, 0.15) is 22.7 Å². The van der Waals surface area contributed by atoms with Crippen molar-refractivity contribution in [2.75, 3.05) is 0 Å². The number of halogens is 1. The smallest absolute Gasteiger partial charge is 0.326 e. The van der Waals surface area contributed by atoms with E-state index in [0.717, 1.165) is 22.9 Å². The summed E-state index contributed by atoms with van der Waals surface area (Å²) in [5.74, 6) is -0.800. The Kier molecular flexibility index (Phi) is 6.95. The number of carboxylic acid groups (broad SMARTS) is 1. The Labute approximate surface area is 183 Å². The lowest BCUT2D eigenvalue weighted by Gasteiger charge is -2.21. The molecule has 1 N–H and O–H groups in total. The minimum Gasteiger partial charge on any atom is -0.489 e. The topological polar surface area (TPSA) is 66.8 Å². The molecule has 0 saturated carbocycles. The molecule has 1 saturated heterocycles. The molecule has 3 rings (SSSR count). The van der Waals surface area contributed by atoms with Gasteiger partial charge in [-0.05, 0) is 47.9 Å². The number of benzene rings is 2. The zero-order valence-electron chi connectivity index (χ0n) is 15.5. The third-order valence-electron chi connectivity index (χ3n) is 4.28. The average Bonchev–Trinajstić information content (AvgIpc) is 2.96. The molecule has 1 aliphatic rings. The summed E-state index contributed by atoms with van der Waals surface area (Å²) in [6.45, 7) is 2.10. The van der Waals surface area contributed by atoms with Crippen LogP contribution in [-0.2, 0) is 16.2 Å². The van der Waals surface area contributed by atoms with Crippen LogP contribution in [0.1, 0.15) is 24.5 Å². The summed E-state index contributed by atoms with van der Waals surface area (Å²) in [7, 11) is 0. The van der Waals surface area contributed by atoms with Crippen LogP contribution in [0.4, 0.5) is 0 Å². The summed E-state index contributed by atoms with van der Waals surface area (Å²) in [5.41, 5.74) is 1.75. The molecular formula is C21H18ClNO4S2. The van der Waals surface area contributed by atoms with Crippen LogP contribution in [0.25, 0.3) is 6.08 Å². The fourth-order valence-electron chi connectivity index (χ4n) is 2.81. The van der Waals surface area contributed by atoms with E-state index in [0.29, 0.717) is 22.3 Å². The molecule has 0 aliphatic carbocycles. The van der Waals surface area contributed by atoms with Crippen LogP contribution in [0.15, 0.2) is 53.4 Å². The monoisotopic (exact) mass is 447 g/mol. The van der Waals surface area contributed by atoms with Gasteiger partial charge in [0.2, 0.25) is 0 Å². The van der Waals surface area contributed by atoms with E-state index in [9.17, 15) is 14.7 Å². The molecule has 150 valence electrons. The zero-order valence-corrected chi connectivity index (χ0v) is 17.9. The second kappa shape index (κ2) is 9.43. The highest BCUT2D eigenvalue weighted by molar-refractivity contribution is 8.26. The number of hydrogen-bond acceptors (Lipinski definition) is 5. The first kappa shape index (κ1) is 21.4. The lowest BCUT2D eigenvalue weighted by atomic mass is 10.1. The second-order valence-corrected chi connectivity index (χ2v) is 8.41. The third kappa shape index (κ3) is 5.18. The molecule has 0 bridgehead atoms. The number of carbonyl (C=O) groups is 2. The quantitative estimate of drug-likeness (QED) is 0.476. The zero-order chi connectivity index (χ0) is 21.0. The molecule has 0 radical (unpaired) electrons. The lowest BCUT2D eigenvalue weighted by molar-refractivity contribution is -0.145. The Morgan fingerprint density at radius 2 is 2.03 bits per heavy atom. The minimum absolute atomic E-state index is 0.255. The number of thiocarbonyl (C=S) groups is 1. The van der Waals surface area contributed by atoms with Crippen molar-refractivity contribution in [2.45, 2.75) is 26.0 Å². The van der Waals surface area contributed by atoms with Gasteiger partial charge in [-0.1, -0.05) is 66.8 Å². The van der Waals surface area contributed by atoms with Crippen molar-refractivity contribution in [3.63, 3.8) is 0 Å². The van der Waals surface area contributed by atoms with Crippen molar-refractivity contribution >= 4 is 57.9 Å². The fourth-order valence-corrected chi connectivity index (χ4v) is 4.29.